The van der Waals surface area contributed by atoms with E-state index in [0.29, 0.717) is 25.9 Å². The van der Waals surface area contributed by atoms with Gasteiger partial charge < -0.3 is 40.4 Å². The van der Waals surface area contributed by atoms with Crippen LogP contribution in [0.3, 0.4) is 0 Å². The monoisotopic (exact) mass is 606 g/mol. The second kappa shape index (κ2) is 14.0. The van der Waals surface area contributed by atoms with Gasteiger partial charge in [0.15, 0.2) is 0 Å². The molecular formula is C31H38N6O7. The number of anilines is 1. The van der Waals surface area contributed by atoms with Crippen LogP contribution in [0.4, 0.5) is 10.6 Å². The quantitative estimate of drug-likeness (QED) is 0.220. The van der Waals surface area contributed by atoms with Crippen molar-refractivity contribution >= 4 is 23.7 Å². The van der Waals surface area contributed by atoms with Gasteiger partial charge in [-0.05, 0) is 30.5 Å². The average molecular weight is 607 g/mol. The summed E-state index contributed by atoms with van der Waals surface area (Å²) in [6, 6.07) is 13.2. The van der Waals surface area contributed by atoms with Gasteiger partial charge in [0.05, 0.1) is 14.2 Å². The molecule has 1 aliphatic rings. The SMILES string of the molecule is COc1cccc(OC)c1C(=O)Nc1nc(=O)[nH]cc1CC(NC(=O)N1CCC(NC(C)C)(c2ccccc2)CC1)C(=O)O. The molecule has 3 aromatic rings. The zero-order valence-corrected chi connectivity index (χ0v) is 25.2. The van der Waals surface area contributed by atoms with Crippen LogP contribution in [0, 0.1) is 0 Å². The van der Waals surface area contributed by atoms with Crippen molar-refractivity contribution < 1.29 is 29.0 Å². The van der Waals surface area contributed by atoms with Crippen LogP contribution in [0.2, 0.25) is 0 Å². The number of carboxylic acid groups (broad SMARTS) is 1. The van der Waals surface area contributed by atoms with Gasteiger partial charge in [0.1, 0.15) is 28.9 Å². The highest BCUT2D eigenvalue weighted by Crippen LogP contribution is 2.34. The summed E-state index contributed by atoms with van der Waals surface area (Å²) < 4.78 is 10.6. The number of nitrogens with zero attached hydrogens (tertiary/aromatic N) is 2. The van der Waals surface area contributed by atoms with Gasteiger partial charge in [-0.25, -0.2) is 14.4 Å². The van der Waals surface area contributed by atoms with E-state index in [1.165, 1.54) is 20.4 Å². The number of likely N-dealkylation sites (tertiary alicyclic amines) is 1. The number of H-pyrrole nitrogens is 1. The molecule has 0 radical (unpaired) electrons. The Morgan fingerprint density at radius 3 is 2.23 bits per heavy atom. The van der Waals surface area contributed by atoms with Crippen LogP contribution < -0.4 is 31.1 Å². The largest absolute Gasteiger partial charge is 0.496 e. The van der Waals surface area contributed by atoms with Gasteiger partial charge >= 0.3 is 17.7 Å². The molecule has 0 bridgehead atoms. The summed E-state index contributed by atoms with van der Waals surface area (Å²) in [4.78, 5) is 58.7. The molecule has 0 saturated carbocycles. The fourth-order valence-electron chi connectivity index (χ4n) is 5.51. The smallest absolute Gasteiger partial charge is 0.346 e. The van der Waals surface area contributed by atoms with Crippen molar-refractivity contribution in [2.45, 2.75) is 50.7 Å². The number of nitrogens with one attached hydrogen (secondary N) is 4. The number of hydrogen-bond donors (Lipinski definition) is 5. The Kier molecular flexibility index (Phi) is 10.2. The Morgan fingerprint density at radius 2 is 1.66 bits per heavy atom. The predicted octanol–water partition coefficient (Wildman–Crippen LogP) is 2.73. The normalized spacial score (nSPS) is 14.9. The van der Waals surface area contributed by atoms with E-state index in [-0.39, 0.29) is 46.4 Å². The summed E-state index contributed by atoms with van der Waals surface area (Å²) in [6.45, 7) is 4.98. The summed E-state index contributed by atoms with van der Waals surface area (Å²) in [6.07, 6.45) is 2.29. The molecule has 3 amide bonds. The van der Waals surface area contributed by atoms with Crippen molar-refractivity contribution in [2.75, 3.05) is 32.6 Å². The molecule has 1 saturated heterocycles. The molecule has 13 heteroatoms. The van der Waals surface area contributed by atoms with Crippen LogP contribution in [0.15, 0.2) is 59.5 Å². The van der Waals surface area contributed by atoms with Crippen LogP contribution >= 0.6 is 0 Å². The third-order valence-corrected chi connectivity index (χ3v) is 7.59. The lowest BCUT2D eigenvalue weighted by Crippen LogP contribution is -2.57. The zero-order valence-electron chi connectivity index (χ0n) is 25.2. The third-order valence-electron chi connectivity index (χ3n) is 7.59. The number of aromatic amines is 1. The molecule has 1 fully saturated rings. The van der Waals surface area contributed by atoms with E-state index >= 15 is 0 Å². The summed E-state index contributed by atoms with van der Waals surface area (Å²) in [5.41, 5.74) is 0.344. The number of carbonyl (C=O) groups excluding carboxylic acids is 2. The Morgan fingerprint density at radius 1 is 1.02 bits per heavy atom. The number of urea groups is 1. The second-order valence-electron chi connectivity index (χ2n) is 10.8. The number of carbonyl (C=O) groups is 3. The maximum Gasteiger partial charge on any atom is 0.346 e. The van der Waals surface area contributed by atoms with E-state index in [4.69, 9.17) is 9.47 Å². The van der Waals surface area contributed by atoms with Gasteiger partial charge in [-0.3, -0.25) is 4.79 Å². The van der Waals surface area contributed by atoms with E-state index < -0.39 is 29.6 Å². The number of piperidine rings is 1. The molecule has 2 heterocycles. The van der Waals surface area contributed by atoms with E-state index in [1.54, 1.807) is 23.1 Å². The van der Waals surface area contributed by atoms with E-state index in [2.05, 4.69) is 51.9 Å². The standard InChI is InChI=1S/C31H38N6O7/c1-19(2)36-31(21-9-6-5-7-10-21)13-15-37(16-14-31)30(42)33-22(28(39)40)17-20-18-32-29(41)35-26(20)34-27(38)25-23(43-3)11-8-12-24(25)44-4/h5-12,18-19,22,36H,13-17H2,1-4H3,(H,33,42)(H,39,40)(H2,32,34,35,38,41). The van der Waals surface area contributed by atoms with Gasteiger partial charge in [-0.15, -0.1) is 0 Å². The maximum atomic E-state index is 13.3. The Bertz CT molecular complexity index is 1510. The van der Waals surface area contributed by atoms with Crippen molar-refractivity contribution in [1.29, 1.82) is 0 Å². The first-order valence-electron chi connectivity index (χ1n) is 14.3. The van der Waals surface area contributed by atoms with Gasteiger partial charge in [0.25, 0.3) is 5.91 Å². The first-order valence-corrected chi connectivity index (χ1v) is 14.3. The van der Waals surface area contributed by atoms with Gasteiger partial charge in [-0.2, -0.15) is 4.98 Å². The second-order valence-corrected chi connectivity index (χ2v) is 10.8. The van der Waals surface area contributed by atoms with Crippen molar-refractivity contribution in [1.82, 2.24) is 25.5 Å². The number of ether oxygens (including phenoxy) is 2. The first-order chi connectivity index (χ1) is 21.1. The van der Waals surface area contributed by atoms with Crippen LogP contribution in [0.25, 0.3) is 0 Å². The van der Waals surface area contributed by atoms with Crippen molar-refractivity contribution in [2.24, 2.45) is 0 Å². The number of hydrogen-bond acceptors (Lipinski definition) is 8. The average Bonchev–Trinajstić information content (AvgIpc) is 3.01. The summed E-state index contributed by atoms with van der Waals surface area (Å²) in [5, 5.41) is 18.8. The number of amides is 3. The highest BCUT2D eigenvalue weighted by Gasteiger charge is 2.38. The zero-order chi connectivity index (χ0) is 31.9. The Balaban J connectivity index is 1.49. The number of aromatic nitrogens is 2. The molecule has 0 aliphatic carbocycles. The Labute approximate surface area is 255 Å². The summed E-state index contributed by atoms with van der Waals surface area (Å²) in [7, 11) is 2.79. The number of methoxy groups -OCH3 is 2. The highest BCUT2D eigenvalue weighted by molar-refractivity contribution is 6.08. The van der Waals surface area contributed by atoms with Gasteiger partial charge in [0.2, 0.25) is 0 Å². The summed E-state index contributed by atoms with van der Waals surface area (Å²) >= 11 is 0. The fourth-order valence-corrected chi connectivity index (χ4v) is 5.51. The number of rotatable bonds is 11. The lowest BCUT2D eigenvalue weighted by molar-refractivity contribution is -0.139. The maximum absolute atomic E-state index is 13.3. The molecule has 4 rings (SSSR count). The molecule has 13 nitrogen and oxygen atoms in total. The first kappa shape index (κ1) is 32.0. The van der Waals surface area contributed by atoms with Crippen LogP contribution in [-0.2, 0) is 16.8 Å². The molecule has 1 unspecified atom stereocenters. The molecule has 0 spiro atoms. The molecule has 1 atom stereocenters. The van der Waals surface area contributed by atoms with Crippen molar-refractivity contribution in [3.8, 4) is 11.5 Å². The molecule has 5 N–H and O–H groups in total. The molecule has 234 valence electrons. The fraction of sp³-hybridized carbons (Fsp3) is 0.387. The third kappa shape index (κ3) is 7.35. The van der Waals surface area contributed by atoms with Gasteiger partial charge in [-0.1, -0.05) is 50.2 Å². The van der Waals surface area contributed by atoms with Crippen LogP contribution in [0.1, 0.15) is 48.2 Å². The number of aliphatic carboxylic acids is 1. The Hall–Kier alpha value is -4.91. The van der Waals surface area contributed by atoms with Crippen LogP contribution in [0.5, 0.6) is 11.5 Å². The van der Waals surface area contributed by atoms with E-state index in [0.717, 1.165) is 5.56 Å². The van der Waals surface area contributed by atoms with Crippen molar-refractivity contribution in [3.63, 3.8) is 0 Å². The van der Waals surface area contributed by atoms with Crippen molar-refractivity contribution in [3.05, 3.63) is 81.9 Å². The molecule has 44 heavy (non-hydrogen) atoms. The molecule has 2 aromatic carbocycles. The summed E-state index contributed by atoms with van der Waals surface area (Å²) in [5.74, 6) is -1.67. The highest BCUT2D eigenvalue weighted by atomic mass is 16.5. The van der Waals surface area contributed by atoms with Crippen LogP contribution in [-0.4, -0.2) is 77.3 Å². The minimum atomic E-state index is -1.37. The number of benzene rings is 2. The minimum Gasteiger partial charge on any atom is -0.496 e. The molecule has 1 aromatic heterocycles. The predicted molar refractivity (Wildman–Crippen MR) is 163 cm³/mol. The number of carboxylic acids is 1. The van der Waals surface area contributed by atoms with E-state index in [9.17, 15) is 24.3 Å². The van der Waals surface area contributed by atoms with Gasteiger partial charge in [0, 0.05) is 42.9 Å². The van der Waals surface area contributed by atoms with E-state index in [1.807, 2.05) is 18.2 Å². The minimum absolute atomic E-state index is 0.0669. The molecular weight excluding hydrogens is 568 g/mol. The lowest BCUT2D eigenvalue weighted by atomic mass is 9.80. The molecule has 1 aliphatic heterocycles. The topological polar surface area (TPSA) is 175 Å². The lowest BCUT2D eigenvalue weighted by Gasteiger charge is -2.44.